The third-order valence-corrected chi connectivity index (χ3v) is 3.61. The summed E-state index contributed by atoms with van der Waals surface area (Å²) in [4.78, 5) is 20.2. The van der Waals surface area contributed by atoms with E-state index in [-0.39, 0.29) is 11.9 Å². The first-order valence-corrected chi connectivity index (χ1v) is 6.87. The number of aromatic nitrogens is 2. The van der Waals surface area contributed by atoms with E-state index in [0.29, 0.717) is 11.6 Å². The van der Waals surface area contributed by atoms with E-state index in [1.807, 2.05) is 0 Å². The minimum absolute atomic E-state index is 0.0742. The van der Waals surface area contributed by atoms with Crippen molar-refractivity contribution in [2.75, 3.05) is 0 Å². The maximum absolute atomic E-state index is 12.2. The summed E-state index contributed by atoms with van der Waals surface area (Å²) in [5, 5.41) is 3.09. The van der Waals surface area contributed by atoms with Gasteiger partial charge in [0.15, 0.2) is 0 Å². The second-order valence-corrected chi connectivity index (χ2v) is 5.29. The van der Waals surface area contributed by atoms with Crippen molar-refractivity contribution in [2.45, 2.75) is 25.8 Å². The van der Waals surface area contributed by atoms with Gasteiger partial charge in [-0.05, 0) is 31.2 Å². The van der Waals surface area contributed by atoms with Crippen LogP contribution in [-0.4, -0.2) is 15.9 Å². The number of rotatable bonds is 4. The monoisotopic (exact) mass is 267 g/mol. The smallest absolute Gasteiger partial charge is 0.271 e. The van der Waals surface area contributed by atoms with Gasteiger partial charge >= 0.3 is 0 Å². The van der Waals surface area contributed by atoms with Crippen molar-refractivity contribution in [1.29, 1.82) is 0 Å². The van der Waals surface area contributed by atoms with Gasteiger partial charge in [-0.3, -0.25) is 9.78 Å². The van der Waals surface area contributed by atoms with Crippen LogP contribution in [0, 0.1) is 12.8 Å². The zero-order valence-electron chi connectivity index (χ0n) is 11.4. The molecule has 1 aliphatic carbocycles. The van der Waals surface area contributed by atoms with E-state index in [0.717, 1.165) is 5.56 Å². The first-order valence-electron chi connectivity index (χ1n) is 6.87. The van der Waals surface area contributed by atoms with Crippen LogP contribution >= 0.6 is 0 Å². The average molecular weight is 267 g/mol. The Morgan fingerprint density at radius 2 is 2.00 bits per heavy atom. The van der Waals surface area contributed by atoms with Crippen molar-refractivity contribution in [3.63, 3.8) is 0 Å². The van der Waals surface area contributed by atoms with Crippen LogP contribution in [0.1, 0.15) is 40.5 Å². The van der Waals surface area contributed by atoms with Gasteiger partial charge in [-0.2, -0.15) is 0 Å². The summed E-state index contributed by atoms with van der Waals surface area (Å²) in [5.41, 5.74) is 2.75. The average Bonchev–Trinajstić information content (AvgIpc) is 3.31. The Morgan fingerprint density at radius 1 is 1.25 bits per heavy atom. The maximum Gasteiger partial charge on any atom is 0.271 e. The van der Waals surface area contributed by atoms with E-state index in [4.69, 9.17) is 0 Å². The molecule has 1 amide bonds. The Labute approximate surface area is 118 Å². The van der Waals surface area contributed by atoms with Crippen LogP contribution in [-0.2, 0) is 0 Å². The summed E-state index contributed by atoms with van der Waals surface area (Å²) >= 11 is 0. The number of nitrogens with one attached hydrogen (secondary N) is 1. The highest BCUT2D eigenvalue weighted by molar-refractivity contribution is 5.92. The normalized spacial score (nSPS) is 15.7. The van der Waals surface area contributed by atoms with Gasteiger partial charge < -0.3 is 5.32 Å². The second kappa shape index (κ2) is 5.41. The highest BCUT2D eigenvalue weighted by Crippen LogP contribution is 2.41. The molecule has 0 spiro atoms. The first kappa shape index (κ1) is 12.8. The lowest BCUT2D eigenvalue weighted by atomic mass is 10.0. The summed E-state index contributed by atoms with van der Waals surface area (Å²) in [6.45, 7) is 2.06. The molecule has 1 aromatic heterocycles. The summed E-state index contributed by atoms with van der Waals surface area (Å²) in [7, 11) is 0. The molecule has 20 heavy (non-hydrogen) atoms. The Hall–Kier alpha value is -2.23. The van der Waals surface area contributed by atoms with Crippen molar-refractivity contribution in [3.8, 4) is 0 Å². The zero-order chi connectivity index (χ0) is 13.9. The number of nitrogens with zero attached hydrogens (tertiary/aromatic N) is 2. The van der Waals surface area contributed by atoms with Crippen molar-refractivity contribution >= 4 is 5.91 Å². The summed E-state index contributed by atoms with van der Waals surface area (Å²) in [5.74, 6) is 0.383. The van der Waals surface area contributed by atoms with Gasteiger partial charge in [0.05, 0.1) is 12.2 Å². The van der Waals surface area contributed by atoms with E-state index in [1.54, 1.807) is 6.20 Å². The van der Waals surface area contributed by atoms with Crippen LogP contribution in [0.25, 0.3) is 0 Å². The fraction of sp³-hybridized carbons (Fsp3) is 0.312. The van der Waals surface area contributed by atoms with E-state index in [2.05, 4.69) is 46.5 Å². The summed E-state index contributed by atoms with van der Waals surface area (Å²) in [6, 6.07) is 8.42. The second-order valence-electron chi connectivity index (χ2n) is 5.29. The molecule has 4 heteroatoms. The Bertz CT molecular complexity index is 591. The van der Waals surface area contributed by atoms with Crippen molar-refractivity contribution in [1.82, 2.24) is 15.3 Å². The lowest BCUT2D eigenvalue weighted by Gasteiger charge is -2.18. The molecule has 0 radical (unpaired) electrons. The number of carbonyl (C=O) groups is 1. The van der Waals surface area contributed by atoms with Gasteiger partial charge in [-0.25, -0.2) is 4.98 Å². The van der Waals surface area contributed by atoms with E-state index >= 15 is 0 Å². The van der Waals surface area contributed by atoms with Crippen LogP contribution in [0.5, 0.6) is 0 Å². The molecule has 3 rings (SSSR count). The Morgan fingerprint density at radius 3 is 2.60 bits per heavy atom. The Balaban J connectivity index is 1.78. The molecular weight excluding hydrogens is 250 g/mol. The quantitative estimate of drug-likeness (QED) is 0.926. The minimum atomic E-state index is -0.157. The van der Waals surface area contributed by atoms with Gasteiger partial charge in [-0.15, -0.1) is 0 Å². The third kappa shape index (κ3) is 2.85. The van der Waals surface area contributed by atoms with Crippen molar-refractivity contribution in [2.24, 2.45) is 5.92 Å². The lowest BCUT2D eigenvalue weighted by molar-refractivity contribution is 0.0926. The number of amides is 1. The van der Waals surface area contributed by atoms with Gasteiger partial charge in [-0.1, -0.05) is 29.8 Å². The van der Waals surface area contributed by atoms with Crippen molar-refractivity contribution in [3.05, 3.63) is 59.7 Å². The molecule has 2 aromatic rings. The third-order valence-electron chi connectivity index (χ3n) is 3.61. The molecule has 0 aliphatic heterocycles. The molecule has 1 saturated carbocycles. The standard InChI is InChI=1S/C16H17N3O/c1-11-2-4-12(5-3-11)15(13-6-7-13)19-16(20)14-10-17-8-9-18-14/h2-5,8-10,13,15H,6-7H2,1H3,(H,19,20). The molecule has 0 bridgehead atoms. The molecule has 1 N–H and O–H groups in total. The van der Waals surface area contributed by atoms with Crippen LogP contribution in [0.15, 0.2) is 42.9 Å². The van der Waals surface area contributed by atoms with Gasteiger partial charge in [0.25, 0.3) is 5.91 Å². The molecule has 1 aromatic carbocycles. The van der Waals surface area contributed by atoms with Gasteiger partial charge in [0, 0.05) is 12.4 Å². The highest BCUT2D eigenvalue weighted by Gasteiger charge is 2.33. The topological polar surface area (TPSA) is 54.9 Å². The number of hydrogen-bond acceptors (Lipinski definition) is 3. The number of carbonyl (C=O) groups excluding carboxylic acids is 1. The fourth-order valence-electron chi connectivity index (χ4n) is 2.31. The molecule has 1 aliphatic rings. The highest BCUT2D eigenvalue weighted by atomic mass is 16.1. The van der Waals surface area contributed by atoms with E-state index in [9.17, 15) is 4.79 Å². The molecule has 1 atom stereocenters. The Kier molecular flexibility index (Phi) is 3.46. The predicted octanol–water partition coefficient (Wildman–Crippen LogP) is 2.67. The predicted molar refractivity (Wildman–Crippen MR) is 76.1 cm³/mol. The maximum atomic E-state index is 12.2. The molecule has 1 heterocycles. The minimum Gasteiger partial charge on any atom is -0.344 e. The fourth-order valence-corrected chi connectivity index (χ4v) is 2.31. The molecule has 102 valence electrons. The molecular formula is C16H17N3O. The SMILES string of the molecule is Cc1ccc(C(NC(=O)c2cnccn2)C2CC2)cc1. The largest absolute Gasteiger partial charge is 0.344 e. The van der Waals surface area contributed by atoms with Crippen molar-refractivity contribution < 1.29 is 4.79 Å². The van der Waals surface area contributed by atoms with Crippen LogP contribution in [0.4, 0.5) is 0 Å². The number of aryl methyl sites for hydroxylation is 1. The van der Waals surface area contributed by atoms with Crippen LogP contribution in [0.3, 0.4) is 0 Å². The number of hydrogen-bond donors (Lipinski definition) is 1. The lowest BCUT2D eigenvalue weighted by Crippen LogP contribution is -2.30. The zero-order valence-corrected chi connectivity index (χ0v) is 11.4. The van der Waals surface area contributed by atoms with Crippen LogP contribution in [0.2, 0.25) is 0 Å². The van der Waals surface area contributed by atoms with Gasteiger partial charge in [0.1, 0.15) is 5.69 Å². The molecule has 1 fully saturated rings. The summed E-state index contributed by atoms with van der Waals surface area (Å²) < 4.78 is 0. The number of benzene rings is 1. The first-order chi connectivity index (χ1) is 9.74. The molecule has 0 saturated heterocycles. The molecule has 4 nitrogen and oxygen atoms in total. The van der Waals surface area contributed by atoms with Gasteiger partial charge in [0.2, 0.25) is 0 Å². The summed E-state index contributed by atoms with van der Waals surface area (Å²) in [6.07, 6.45) is 6.93. The van der Waals surface area contributed by atoms with E-state index in [1.165, 1.54) is 30.8 Å². The van der Waals surface area contributed by atoms with Crippen LogP contribution < -0.4 is 5.32 Å². The van der Waals surface area contributed by atoms with E-state index < -0.39 is 0 Å². The molecule has 1 unspecified atom stereocenters.